The van der Waals surface area contributed by atoms with E-state index < -0.39 is 10.0 Å². The predicted molar refractivity (Wildman–Crippen MR) is 76.3 cm³/mol. The van der Waals surface area contributed by atoms with E-state index in [-0.39, 0.29) is 23.5 Å². The number of anilines is 1. The fraction of sp³-hybridized carbons (Fsp3) is 0.538. The molecule has 0 aromatic heterocycles. The monoisotopic (exact) mass is 286 g/mol. The lowest BCUT2D eigenvalue weighted by atomic mass is 9.90. The summed E-state index contributed by atoms with van der Waals surface area (Å²) >= 11 is 0. The summed E-state index contributed by atoms with van der Waals surface area (Å²) in [5.41, 5.74) is 6.73. The standard InChI is InChI=1S/C13H22N2O3S/c1-10-4-5-11(8-12(10)14)19(17,18)15-9-13(2,3)6-7-16/h4-5,8,15-16H,6-7,9,14H2,1-3H3. The third-order valence-corrected chi connectivity index (χ3v) is 4.49. The van der Waals surface area contributed by atoms with E-state index in [2.05, 4.69) is 4.72 Å². The van der Waals surface area contributed by atoms with Crippen LogP contribution in [0.15, 0.2) is 23.1 Å². The molecule has 0 amide bonds. The SMILES string of the molecule is Cc1ccc(S(=O)(=O)NCC(C)(C)CCO)cc1N. The van der Waals surface area contributed by atoms with E-state index in [1.165, 1.54) is 12.1 Å². The zero-order valence-corrected chi connectivity index (χ0v) is 12.4. The Bertz CT molecular complexity index is 539. The van der Waals surface area contributed by atoms with Gasteiger partial charge in [0.05, 0.1) is 4.90 Å². The van der Waals surface area contributed by atoms with Crippen molar-refractivity contribution in [2.75, 3.05) is 18.9 Å². The quantitative estimate of drug-likeness (QED) is 0.687. The number of aliphatic hydroxyl groups is 1. The molecule has 1 aromatic carbocycles. The van der Waals surface area contributed by atoms with Gasteiger partial charge >= 0.3 is 0 Å². The summed E-state index contributed by atoms with van der Waals surface area (Å²) in [7, 11) is -3.56. The number of hydrogen-bond acceptors (Lipinski definition) is 4. The van der Waals surface area contributed by atoms with Crippen molar-refractivity contribution in [1.29, 1.82) is 0 Å². The Morgan fingerprint density at radius 2 is 2.00 bits per heavy atom. The van der Waals surface area contributed by atoms with Gasteiger partial charge in [0.15, 0.2) is 0 Å². The summed E-state index contributed by atoms with van der Waals surface area (Å²) in [5, 5.41) is 8.92. The van der Waals surface area contributed by atoms with Gasteiger partial charge in [-0.2, -0.15) is 0 Å². The van der Waals surface area contributed by atoms with Crippen LogP contribution in [0.2, 0.25) is 0 Å². The maximum Gasteiger partial charge on any atom is 0.240 e. The molecule has 1 aromatic rings. The van der Waals surface area contributed by atoms with Crippen LogP contribution in [0.25, 0.3) is 0 Å². The molecule has 6 heteroatoms. The first kappa shape index (κ1) is 15.9. The number of aliphatic hydroxyl groups excluding tert-OH is 1. The normalized spacial score (nSPS) is 12.6. The first-order valence-electron chi connectivity index (χ1n) is 6.15. The van der Waals surface area contributed by atoms with Gasteiger partial charge in [-0.25, -0.2) is 13.1 Å². The van der Waals surface area contributed by atoms with Gasteiger partial charge in [0.1, 0.15) is 0 Å². The van der Waals surface area contributed by atoms with E-state index in [1.54, 1.807) is 6.07 Å². The van der Waals surface area contributed by atoms with E-state index in [0.29, 0.717) is 12.1 Å². The minimum atomic E-state index is -3.56. The van der Waals surface area contributed by atoms with Crippen molar-refractivity contribution in [3.63, 3.8) is 0 Å². The molecule has 0 aliphatic heterocycles. The molecule has 19 heavy (non-hydrogen) atoms. The second-order valence-corrected chi connectivity index (χ2v) is 7.25. The Morgan fingerprint density at radius 3 is 2.53 bits per heavy atom. The summed E-state index contributed by atoms with van der Waals surface area (Å²) in [4.78, 5) is 0.162. The highest BCUT2D eigenvalue weighted by Gasteiger charge is 2.22. The lowest BCUT2D eigenvalue weighted by Crippen LogP contribution is -2.34. The van der Waals surface area contributed by atoms with Crippen molar-refractivity contribution >= 4 is 15.7 Å². The topological polar surface area (TPSA) is 92.4 Å². The molecule has 1 rings (SSSR count). The lowest BCUT2D eigenvalue weighted by molar-refractivity contribution is 0.213. The zero-order chi connectivity index (χ0) is 14.7. The summed E-state index contributed by atoms with van der Waals surface area (Å²) < 4.78 is 26.8. The van der Waals surface area contributed by atoms with Crippen molar-refractivity contribution in [3.8, 4) is 0 Å². The Balaban J connectivity index is 2.84. The van der Waals surface area contributed by atoms with Crippen LogP contribution in [-0.2, 0) is 10.0 Å². The molecule has 5 nitrogen and oxygen atoms in total. The van der Waals surface area contributed by atoms with Gasteiger partial charge in [0.2, 0.25) is 10.0 Å². The van der Waals surface area contributed by atoms with Crippen molar-refractivity contribution in [3.05, 3.63) is 23.8 Å². The van der Waals surface area contributed by atoms with E-state index >= 15 is 0 Å². The smallest absolute Gasteiger partial charge is 0.240 e. The number of sulfonamides is 1. The molecule has 0 fully saturated rings. The van der Waals surface area contributed by atoms with Crippen LogP contribution >= 0.6 is 0 Å². The second-order valence-electron chi connectivity index (χ2n) is 5.48. The molecular formula is C13H22N2O3S. The molecule has 108 valence electrons. The predicted octanol–water partition coefficient (Wildman–Crippen LogP) is 1.26. The molecule has 0 bridgehead atoms. The van der Waals surface area contributed by atoms with Crippen LogP contribution in [0.4, 0.5) is 5.69 Å². The Labute approximate surface area is 114 Å². The summed E-state index contributed by atoms with van der Waals surface area (Å²) in [6.45, 7) is 5.92. The summed E-state index contributed by atoms with van der Waals surface area (Å²) in [6.07, 6.45) is 0.533. The van der Waals surface area contributed by atoms with Gasteiger partial charge in [-0.3, -0.25) is 0 Å². The van der Waals surface area contributed by atoms with Crippen LogP contribution in [0, 0.1) is 12.3 Å². The van der Waals surface area contributed by atoms with E-state index in [1.807, 2.05) is 20.8 Å². The number of rotatable bonds is 6. The van der Waals surface area contributed by atoms with Gasteiger partial charge in [0, 0.05) is 18.8 Å². The molecule has 0 aliphatic carbocycles. The highest BCUT2D eigenvalue weighted by Crippen LogP contribution is 2.21. The van der Waals surface area contributed by atoms with Gasteiger partial charge in [0.25, 0.3) is 0 Å². The van der Waals surface area contributed by atoms with Gasteiger partial charge in [-0.15, -0.1) is 0 Å². The van der Waals surface area contributed by atoms with Crippen molar-refractivity contribution in [2.24, 2.45) is 5.41 Å². The molecule has 0 atom stereocenters. The van der Waals surface area contributed by atoms with Gasteiger partial charge in [-0.1, -0.05) is 19.9 Å². The molecule has 0 aliphatic rings. The molecular weight excluding hydrogens is 264 g/mol. The fourth-order valence-electron chi connectivity index (χ4n) is 1.55. The average molecular weight is 286 g/mol. The number of aryl methyl sites for hydroxylation is 1. The molecule has 0 saturated heterocycles. The van der Waals surface area contributed by atoms with Crippen LogP contribution < -0.4 is 10.5 Å². The Kier molecular flexibility index (Phi) is 4.95. The highest BCUT2D eigenvalue weighted by molar-refractivity contribution is 7.89. The van der Waals surface area contributed by atoms with Gasteiger partial charge in [-0.05, 0) is 36.5 Å². The van der Waals surface area contributed by atoms with Crippen LogP contribution in [0.3, 0.4) is 0 Å². The minimum Gasteiger partial charge on any atom is -0.398 e. The van der Waals surface area contributed by atoms with E-state index in [4.69, 9.17) is 10.8 Å². The largest absolute Gasteiger partial charge is 0.398 e. The van der Waals surface area contributed by atoms with Gasteiger partial charge < -0.3 is 10.8 Å². The number of hydrogen-bond donors (Lipinski definition) is 3. The Morgan fingerprint density at radius 1 is 1.37 bits per heavy atom. The van der Waals surface area contributed by atoms with E-state index in [0.717, 1.165) is 5.56 Å². The third kappa shape index (κ3) is 4.49. The second kappa shape index (κ2) is 5.90. The molecule has 0 radical (unpaired) electrons. The molecule has 0 heterocycles. The van der Waals surface area contributed by atoms with Crippen molar-refractivity contribution in [2.45, 2.75) is 32.1 Å². The van der Waals surface area contributed by atoms with Crippen LogP contribution in [-0.4, -0.2) is 26.7 Å². The van der Waals surface area contributed by atoms with Crippen LogP contribution in [0.5, 0.6) is 0 Å². The number of nitrogen functional groups attached to an aromatic ring is 1. The Hall–Kier alpha value is -1.11. The first-order chi connectivity index (χ1) is 8.68. The average Bonchev–Trinajstić information content (AvgIpc) is 2.30. The third-order valence-electron chi connectivity index (χ3n) is 3.09. The van der Waals surface area contributed by atoms with Crippen molar-refractivity contribution in [1.82, 2.24) is 4.72 Å². The number of nitrogens with two attached hydrogens (primary N) is 1. The highest BCUT2D eigenvalue weighted by atomic mass is 32.2. The fourth-order valence-corrected chi connectivity index (χ4v) is 2.83. The first-order valence-corrected chi connectivity index (χ1v) is 7.63. The summed E-state index contributed by atoms with van der Waals surface area (Å²) in [5.74, 6) is 0. The zero-order valence-electron chi connectivity index (χ0n) is 11.6. The minimum absolute atomic E-state index is 0.0339. The number of nitrogens with one attached hydrogen (secondary N) is 1. The maximum atomic E-state index is 12.1. The maximum absolute atomic E-state index is 12.1. The molecule has 0 unspecified atom stereocenters. The molecule has 4 N–H and O–H groups in total. The lowest BCUT2D eigenvalue weighted by Gasteiger charge is -2.23. The molecule has 0 saturated carbocycles. The van der Waals surface area contributed by atoms with Crippen molar-refractivity contribution < 1.29 is 13.5 Å². The molecule has 0 spiro atoms. The van der Waals surface area contributed by atoms with E-state index in [9.17, 15) is 8.42 Å². The van der Waals surface area contributed by atoms with Crippen LogP contribution in [0.1, 0.15) is 25.8 Å². The summed E-state index contributed by atoms with van der Waals surface area (Å²) in [6, 6.07) is 4.67. The number of benzene rings is 1.